The monoisotopic (exact) mass is 251 g/mol. The zero-order valence-corrected chi connectivity index (χ0v) is 10.0. The molecule has 0 aliphatic heterocycles. The first-order valence-corrected chi connectivity index (χ1v) is 5.35. The molecule has 4 nitrogen and oxygen atoms in total. The number of benzene rings is 1. The molecule has 0 aliphatic rings. The first-order valence-electron chi connectivity index (χ1n) is 5.35. The summed E-state index contributed by atoms with van der Waals surface area (Å²) >= 11 is 0. The Morgan fingerprint density at radius 3 is 2.78 bits per heavy atom. The molecule has 1 amide bonds. The lowest BCUT2D eigenvalue weighted by atomic mass is 10.1. The van der Waals surface area contributed by atoms with E-state index in [4.69, 9.17) is 4.74 Å². The second-order valence-corrected chi connectivity index (χ2v) is 3.58. The molecule has 0 fully saturated rings. The lowest BCUT2D eigenvalue weighted by Gasteiger charge is -2.07. The number of carbonyl (C=O) groups is 2. The summed E-state index contributed by atoms with van der Waals surface area (Å²) in [6.45, 7) is 4.83. The third-order valence-corrected chi connectivity index (χ3v) is 2.14. The summed E-state index contributed by atoms with van der Waals surface area (Å²) in [6.07, 6.45) is 1.53. The minimum atomic E-state index is -0.667. The van der Waals surface area contributed by atoms with Crippen molar-refractivity contribution in [1.82, 2.24) is 5.32 Å². The number of hydrogen-bond acceptors (Lipinski definition) is 3. The number of amides is 1. The summed E-state index contributed by atoms with van der Waals surface area (Å²) in [7, 11) is 0. The summed E-state index contributed by atoms with van der Waals surface area (Å²) in [5.74, 6) is -1.33. The van der Waals surface area contributed by atoms with Crippen LogP contribution in [0.2, 0.25) is 0 Å². The van der Waals surface area contributed by atoms with Gasteiger partial charge in [0.1, 0.15) is 0 Å². The fourth-order valence-corrected chi connectivity index (χ4v) is 1.22. The number of carbonyl (C=O) groups excluding carboxylic acids is 2. The highest BCUT2D eigenvalue weighted by molar-refractivity contribution is 5.94. The van der Waals surface area contributed by atoms with Gasteiger partial charge >= 0.3 is 0 Å². The van der Waals surface area contributed by atoms with E-state index < -0.39 is 5.82 Å². The highest BCUT2D eigenvalue weighted by atomic mass is 19.1. The normalized spacial score (nSPS) is 9.67. The van der Waals surface area contributed by atoms with Gasteiger partial charge in [-0.25, -0.2) is 4.39 Å². The second-order valence-electron chi connectivity index (χ2n) is 3.58. The van der Waals surface area contributed by atoms with Crippen LogP contribution < -0.4 is 10.1 Å². The smallest absolute Gasteiger partial charge is 0.258 e. The van der Waals surface area contributed by atoms with Gasteiger partial charge in [0.15, 0.2) is 24.0 Å². The molecule has 18 heavy (non-hydrogen) atoms. The molecular formula is C13H14FNO3. The molecular weight excluding hydrogens is 237 g/mol. The molecule has 0 radical (unpaired) electrons. The Kier molecular flexibility index (Phi) is 5.05. The summed E-state index contributed by atoms with van der Waals surface area (Å²) in [4.78, 5) is 22.2. The average molecular weight is 251 g/mol. The molecule has 0 spiro atoms. The van der Waals surface area contributed by atoms with E-state index in [-0.39, 0.29) is 29.6 Å². The van der Waals surface area contributed by atoms with Crippen LogP contribution in [0.4, 0.5) is 4.39 Å². The second kappa shape index (κ2) is 6.54. The van der Waals surface area contributed by atoms with Crippen molar-refractivity contribution >= 4 is 11.7 Å². The molecule has 1 aromatic carbocycles. The lowest BCUT2D eigenvalue weighted by Crippen LogP contribution is -2.28. The third kappa shape index (κ3) is 4.01. The maximum atomic E-state index is 13.5. The minimum Gasteiger partial charge on any atom is -0.481 e. The van der Waals surface area contributed by atoms with Gasteiger partial charge in [-0.1, -0.05) is 6.08 Å². The number of nitrogens with one attached hydrogen (secondary N) is 1. The Hall–Kier alpha value is -2.17. The lowest BCUT2D eigenvalue weighted by molar-refractivity contribution is -0.122. The molecule has 0 unspecified atom stereocenters. The Balaban J connectivity index is 2.60. The zero-order valence-electron chi connectivity index (χ0n) is 10.0. The van der Waals surface area contributed by atoms with Crippen molar-refractivity contribution in [2.75, 3.05) is 13.2 Å². The predicted octanol–water partition coefficient (Wildman–Crippen LogP) is 1.71. The van der Waals surface area contributed by atoms with Crippen molar-refractivity contribution < 1.29 is 18.7 Å². The van der Waals surface area contributed by atoms with Gasteiger partial charge in [0.2, 0.25) is 0 Å². The number of Topliss-reactive ketones (excluding diaryl/α,β-unsaturated/α-hetero) is 1. The molecule has 96 valence electrons. The van der Waals surface area contributed by atoms with Crippen LogP contribution in [-0.2, 0) is 4.79 Å². The fourth-order valence-electron chi connectivity index (χ4n) is 1.22. The first-order chi connectivity index (χ1) is 8.54. The molecule has 1 aromatic rings. The molecule has 0 saturated carbocycles. The summed E-state index contributed by atoms with van der Waals surface area (Å²) in [5, 5.41) is 2.49. The minimum absolute atomic E-state index is 0.0613. The molecule has 5 heteroatoms. The predicted molar refractivity (Wildman–Crippen MR) is 65.1 cm³/mol. The standard InChI is InChI=1S/C13H14FNO3/c1-3-6-15-13(17)8-18-12-5-4-10(9(2)16)7-11(12)14/h3-5,7H,1,6,8H2,2H3,(H,15,17). The maximum absolute atomic E-state index is 13.5. The van der Waals surface area contributed by atoms with E-state index in [2.05, 4.69) is 11.9 Å². The topological polar surface area (TPSA) is 55.4 Å². The Labute approximate surface area is 104 Å². The first kappa shape index (κ1) is 13.9. The van der Waals surface area contributed by atoms with Crippen LogP contribution >= 0.6 is 0 Å². The highest BCUT2D eigenvalue weighted by Gasteiger charge is 2.09. The van der Waals surface area contributed by atoms with E-state index in [0.717, 1.165) is 6.07 Å². The van der Waals surface area contributed by atoms with Gasteiger partial charge in [0.05, 0.1) is 0 Å². The van der Waals surface area contributed by atoms with Crippen molar-refractivity contribution in [3.8, 4) is 5.75 Å². The van der Waals surface area contributed by atoms with E-state index >= 15 is 0 Å². The third-order valence-electron chi connectivity index (χ3n) is 2.14. The number of ether oxygens (including phenoxy) is 1. The number of rotatable bonds is 6. The highest BCUT2D eigenvalue weighted by Crippen LogP contribution is 2.18. The average Bonchev–Trinajstić information content (AvgIpc) is 2.34. The van der Waals surface area contributed by atoms with Crippen LogP contribution in [0.15, 0.2) is 30.9 Å². The molecule has 0 aromatic heterocycles. The van der Waals surface area contributed by atoms with Crippen molar-refractivity contribution in [3.05, 3.63) is 42.2 Å². The Bertz CT molecular complexity index is 471. The van der Waals surface area contributed by atoms with E-state index in [9.17, 15) is 14.0 Å². The molecule has 0 aliphatic carbocycles. The van der Waals surface area contributed by atoms with Crippen LogP contribution in [0, 0.1) is 5.82 Å². The summed E-state index contributed by atoms with van der Waals surface area (Å²) in [5.41, 5.74) is 0.260. The van der Waals surface area contributed by atoms with E-state index in [1.165, 1.54) is 25.1 Å². The van der Waals surface area contributed by atoms with Crippen molar-refractivity contribution in [2.45, 2.75) is 6.92 Å². The molecule has 1 rings (SSSR count). The van der Waals surface area contributed by atoms with Gasteiger partial charge in [0.25, 0.3) is 5.91 Å². The number of halogens is 1. The number of ketones is 1. The van der Waals surface area contributed by atoms with Crippen LogP contribution in [0.3, 0.4) is 0 Å². The van der Waals surface area contributed by atoms with Crippen molar-refractivity contribution in [2.24, 2.45) is 0 Å². The van der Waals surface area contributed by atoms with Gasteiger partial charge in [-0.2, -0.15) is 0 Å². The largest absolute Gasteiger partial charge is 0.481 e. The van der Waals surface area contributed by atoms with Gasteiger partial charge < -0.3 is 10.1 Å². The number of hydrogen-bond donors (Lipinski definition) is 1. The molecule has 1 N–H and O–H groups in total. The maximum Gasteiger partial charge on any atom is 0.258 e. The van der Waals surface area contributed by atoms with Crippen LogP contribution in [0.25, 0.3) is 0 Å². The molecule has 0 atom stereocenters. The summed E-state index contributed by atoms with van der Waals surface area (Å²) < 4.78 is 18.5. The molecule has 0 saturated heterocycles. The van der Waals surface area contributed by atoms with Gasteiger partial charge in [0, 0.05) is 12.1 Å². The van der Waals surface area contributed by atoms with Crippen LogP contribution in [0.1, 0.15) is 17.3 Å². The zero-order chi connectivity index (χ0) is 13.5. The van der Waals surface area contributed by atoms with E-state index in [1.807, 2.05) is 0 Å². The van der Waals surface area contributed by atoms with E-state index in [1.54, 1.807) is 0 Å². The fraction of sp³-hybridized carbons (Fsp3) is 0.231. The quantitative estimate of drug-likeness (QED) is 0.618. The van der Waals surface area contributed by atoms with Crippen molar-refractivity contribution in [3.63, 3.8) is 0 Å². The molecule has 0 bridgehead atoms. The van der Waals surface area contributed by atoms with Crippen LogP contribution in [0.5, 0.6) is 5.75 Å². The molecule has 0 heterocycles. The summed E-state index contributed by atoms with van der Waals surface area (Å²) in [6, 6.07) is 3.86. The Morgan fingerprint density at radius 2 is 2.22 bits per heavy atom. The van der Waals surface area contributed by atoms with Gasteiger partial charge in [-0.3, -0.25) is 9.59 Å². The van der Waals surface area contributed by atoms with E-state index in [0.29, 0.717) is 6.54 Å². The van der Waals surface area contributed by atoms with Gasteiger partial charge in [-0.05, 0) is 25.1 Å². The Morgan fingerprint density at radius 1 is 1.50 bits per heavy atom. The van der Waals surface area contributed by atoms with Crippen molar-refractivity contribution in [1.29, 1.82) is 0 Å². The van der Waals surface area contributed by atoms with Gasteiger partial charge in [-0.15, -0.1) is 6.58 Å². The van der Waals surface area contributed by atoms with Crippen LogP contribution in [-0.4, -0.2) is 24.8 Å². The SMILES string of the molecule is C=CCNC(=O)COc1ccc(C(C)=O)cc1F.